The van der Waals surface area contributed by atoms with Crippen molar-refractivity contribution in [2.45, 2.75) is 13.5 Å². The highest BCUT2D eigenvalue weighted by Crippen LogP contribution is 2.17. The number of nitrogens with zero attached hydrogens (tertiary/aromatic N) is 1. The van der Waals surface area contributed by atoms with Gasteiger partial charge in [-0.1, -0.05) is 28.9 Å². The highest BCUT2D eigenvalue weighted by Gasteiger charge is 1.98. The van der Waals surface area contributed by atoms with Crippen molar-refractivity contribution in [3.05, 3.63) is 39.3 Å². The molecule has 0 saturated heterocycles. The summed E-state index contributed by atoms with van der Waals surface area (Å²) in [5.41, 5.74) is 1.87. The lowest BCUT2D eigenvalue weighted by Gasteiger charge is -1.98. The first kappa shape index (κ1) is 8.21. The lowest BCUT2D eigenvalue weighted by Crippen LogP contribution is -1.82. The van der Waals surface area contributed by atoms with Crippen LogP contribution in [0.4, 0.5) is 0 Å². The molecule has 0 aliphatic carbocycles. The maximum Gasteiger partial charge on any atom is 0.108 e. The van der Waals surface area contributed by atoms with Gasteiger partial charge in [-0.05, 0) is 24.1 Å². The van der Waals surface area contributed by atoms with E-state index in [4.69, 9.17) is 11.6 Å². The molecule has 2 nitrogen and oxygen atoms in total. The number of benzene rings is 1. The molecule has 0 radical (unpaired) electrons. The number of aryl methyl sites for hydroxylation is 1. The molecule has 0 atom stereocenters. The van der Waals surface area contributed by atoms with Gasteiger partial charge in [0.15, 0.2) is 0 Å². The van der Waals surface area contributed by atoms with E-state index in [1.807, 2.05) is 25.1 Å². The van der Waals surface area contributed by atoms with Crippen LogP contribution in [-0.2, 0) is 6.54 Å². The molecule has 1 aromatic carbocycles. The molecule has 0 fully saturated rings. The molecule has 0 aliphatic rings. The standard InChI is InChI=1S/C8H8ClNO/c1-6-2-3-7(5-10-11)8(9)4-6/h2-4H,5H2,1H3. The van der Waals surface area contributed by atoms with Crippen LogP contribution in [0.3, 0.4) is 0 Å². The number of rotatable bonds is 2. The molecular weight excluding hydrogens is 162 g/mol. The maximum absolute atomic E-state index is 9.90. The average Bonchev–Trinajstić information content (AvgIpc) is 1.95. The summed E-state index contributed by atoms with van der Waals surface area (Å²) >= 11 is 5.81. The maximum atomic E-state index is 9.90. The fourth-order valence-corrected chi connectivity index (χ4v) is 1.14. The van der Waals surface area contributed by atoms with Crippen LogP contribution in [0, 0.1) is 11.8 Å². The third-order valence-corrected chi connectivity index (χ3v) is 1.80. The van der Waals surface area contributed by atoms with E-state index in [9.17, 15) is 4.91 Å². The minimum Gasteiger partial charge on any atom is -0.150 e. The normalized spacial score (nSPS) is 9.64. The first-order chi connectivity index (χ1) is 5.24. The lowest BCUT2D eigenvalue weighted by atomic mass is 10.1. The fourth-order valence-electron chi connectivity index (χ4n) is 0.850. The van der Waals surface area contributed by atoms with Gasteiger partial charge in [-0.2, -0.15) is 4.91 Å². The molecule has 0 N–H and O–H groups in total. The van der Waals surface area contributed by atoms with Crippen LogP contribution in [-0.4, -0.2) is 0 Å². The molecule has 0 aromatic heterocycles. The summed E-state index contributed by atoms with van der Waals surface area (Å²) < 4.78 is 0. The zero-order chi connectivity index (χ0) is 8.27. The van der Waals surface area contributed by atoms with Crippen molar-refractivity contribution in [2.75, 3.05) is 0 Å². The summed E-state index contributed by atoms with van der Waals surface area (Å²) in [6.45, 7) is 2.10. The molecule has 1 aromatic rings. The summed E-state index contributed by atoms with van der Waals surface area (Å²) in [7, 11) is 0. The number of nitroso groups, excluding NO2 is 1. The second-order valence-corrected chi connectivity index (χ2v) is 2.79. The zero-order valence-electron chi connectivity index (χ0n) is 6.17. The van der Waals surface area contributed by atoms with Gasteiger partial charge < -0.3 is 0 Å². The van der Waals surface area contributed by atoms with Crippen LogP contribution in [0.1, 0.15) is 11.1 Å². The molecule has 0 amide bonds. The minimum absolute atomic E-state index is 0.152. The molecular formula is C8H8ClNO. The van der Waals surface area contributed by atoms with Gasteiger partial charge in [-0.3, -0.25) is 0 Å². The summed E-state index contributed by atoms with van der Waals surface area (Å²) in [6, 6.07) is 5.55. The van der Waals surface area contributed by atoms with Crippen LogP contribution in [0.25, 0.3) is 0 Å². The van der Waals surface area contributed by atoms with E-state index in [0.29, 0.717) is 5.02 Å². The molecule has 0 aliphatic heterocycles. The molecule has 0 spiro atoms. The van der Waals surface area contributed by atoms with Gasteiger partial charge in [0.25, 0.3) is 0 Å². The Bertz CT molecular complexity index is 273. The van der Waals surface area contributed by atoms with Gasteiger partial charge in [-0.25, -0.2) is 0 Å². The SMILES string of the molecule is Cc1ccc(CN=O)c(Cl)c1. The Balaban J connectivity index is 2.98. The van der Waals surface area contributed by atoms with Crippen LogP contribution in [0.15, 0.2) is 23.4 Å². The summed E-state index contributed by atoms with van der Waals surface area (Å²) in [6.07, 6.45) is 0. The van der Waals surface area contributed by atoms with E-state index in [-0.39, 0.29) is 6.54 Å². The van der Waals surface area contributed by atoms with Gasteiger partial charge >= 0.3 is 0 Å². The molecule has 11 heavy (non-hydrogen) atoms. The lowest BCUT2D eigenvalue weighted by molar-refractivity contribution is 1.05. The molecule has 3 heteroatoms. The van der Waals surface area contributed by atoms with Crippen molar-refractivity contribution < 1.29 is 0 Å². The molecule has 0 unspecified atom stereocenters. The van der Waals surface area contributed by atoms with Crippen molar-refractivity contribution >= 4 is 11.6 Å². The Morgan fingerprint density at radius 2 is 2.27 bits per heavy atom. The zero-order valence-corrected chi connectivity index (χ0v) is 6.93. The van der Waals surface area contributed by atoms with Crippen molar-refractivity contribution in [1.82, 2.24) is 0 Å². The quantitative estimate of drug-likeness (QED) is 0.626. The smallest absolute Gasteiger partial charge is 0.108 e. The van der Waals surface area contributed by atoms with Gasteiger partial charge in [0.2, 0.25) is 0 Å². The van der Waals surface area contributed by atoms with Crippen LogP contribution >= 0.6 is 11.6 Å². The first-order valence-corrected chi connectivity index (χ1v) is 3.66. The monoisotopic (exact) mass is 169 g/mol. The van der Waals surface area contributed by atoms with Crippen molar-refractivity contribution in [1.29, 1.82) is 0 Å². The van der Waals surface area contributed by atoms with Gasteiger partial charge in [-0.15, -0.1) is 0 Å². The van der Waals surface area contributed by atoms with E-state index in [0.717, 1.165) is 11.1 Å². The van der Waals surface area contributed by atoms with E-state index in [1.165, 1.54) is 0 Å². The molecule has 0 bridgehead atoms. The van der Waals surface area contributed by atoms with Crippen LogP contribution in [0.5, 0.6) is 0 Å². The average molecular weight is 170 g/mol. The minimum atomic E-state index is 0.152. The molecule has 0 heterocycles. The van der Waals surface area contributed by atoms with Crippen LogP contribution < -0.4 is 0 Å². The van der Waals surface area contributed by atoms with Crippen molar-refractivity contribution in [3.8, 4) is 0 Å². The number of hydrogen-bond acceptors (Lipinski definition) is 2. The topological polar surface area (TPSA) is 29.4 Å². The van der Waals surface area contributed by atoms with E-state index in [2.05, 4.69) is 5.18 Å². The van der Waals surface area contributed by atoms with E-state index >= 15 is 0 Å². The van der Waals surface area contributed by atoms with Crippen LogP contribution in [0.2, 0.25) is 5.02 Å². The third kappa shape index (κ3) is 2.02. The van der Waals surface area contributed by atoms with E-state index < -0.39 is 0 Å². The summed E-state index contributed by atoms with van der Waals surface area (Å²) in [4.78, 5) is 9.90. The first-order valence-electron chi connectivity index (χ1n) is 3.28. The molecule has 1 rings (SSSR count). The highest BCUT2D eigenvalue weighted by molar-refractivity contribution is 6.31. The van der Waals surface area contributed by atoms with E-state index in [1.54, 1.807) is 0 Å². The second kappa shape index (κ2) is 3.49. The Hall–Kier alpha value is -0.890. The highest BCUT2D eigenvalue weighted by atomic mass is 35.5. The second-order valence-electron chi connectivity index (χ2n) is 2.38. The predicted octanol–water partition coefficient (Wildman–Crippen LogP) is 2.91. The molecule has 58 valence electrons. The Kier molecular flexibility index (Phi) is 2.60. The van der Waals surface area contributed by atoms with Gasteiger partial charge in [0.1, 0.15) is 6.54 Å². The number of hydrogen-bond donors (Lipinski definition) is 0. The van der Waals surface area contributed by atoms with Crippen molar-refractivity contribution in [3.63, 3.8) is 0 Å². The number of halogens is 1. The summed E-state index contributed by atoms with van der Waals surface area (Å²) in [5.74, 6) is 0. The third-order valence-electron chi connectivity index (χ3n) is 1.44. The Morgan fingerprint density at radius 1 is 1.55 bits per heavy atom. The Morgan fingerprint density at radius 3 is 2.82 bits per heavy atom. The van der Waals surface area contributed by atoms with Crippen molar-refractivity contribution in [2.24, 2.45) is 5.18 Å². The van der Waals surface area contributed by atoms with Gasteiger partial charge in [0, 0.05) is 5.02 Å². The Labute approximate surface area is 70.2 Å². The fraction of sp³-hybridized carbons (Fsp3) is 0.250. The molecule has 0 saturated carbocycles. The largest absolute Gasteiger partial charge is 0.150 e. The predicted molar refractivity (Wildman–Crippen MR) is 45.7 cm³/mol. The summed E-state index contributed by atoms with van der Waals surface area (Å²) in [5, 5.41) is 3.38. The van der Waals surface area contributed by atoms with Gasteiger partial charge in [0.05, 0.1) is 0 Å².